The SMILES string of the molecule is CC[C@H](CC(C)C)[C@@H](CO)NS(=O)(=O)c1ccc(Br)s1. The normalized spacial score (nSPS) is 15.5. The second kappa shape index (κ2) is 7.89. The highest BCUT2D eigenvalue weighted by Crippen LogP contribution is 2.27. The second-order valence-corrected chi connectivity index (χ2v) is 9.67. The molecule has 1 aromatic rings. The molecule has 0 unspecified atom stereocenters. The van der Waals surface area contributed by atoms with E-state index in [1.54, 1.807) is 12.1 Å². The highest BCUT2D eigenvalue weighted by atomic mass is 79.9. The van der Waals surface area contributed by atoms with Crippen LogP contribution in [0.25, 0.3) is 0 Å². The molecule has 0 aliphatic carbocycles. The first-order valence-electron chi connectivity index (χ1n) is 6.68. The van der Waals surface area contributed by atoms with Crippen LogP contribution in [0.3, 0.4) is 0 Å². The molecule has 1 heterocycles. The highest BCUT2D eigenvalue weighted by molar-refractivity contribution is 9.11. The highest BCUT2D eigenvalue weighted by Gasteiger charge is 2.27. The van der Waals surface area contributed by atoms with E-state index >= 15 is 0 Å². The molecule has 0 saturated carbocycles. The number of aliphatic hydroxyl groups is 1. The molecule has 116 valence electrons. The van der Waals surface area contributed by atoms with Gasteiger partial charge in [-0.05, 0) is 46.3 Å². The third-order valence-corrected chi connectivity index (χ3v) is 6.79. The Morgan fingerprint density at radius 3 is 2.45 bits per heavy atom. The van der Waals surface area contributed by atoms with Crippen molar-refractivity contribution in [2.75, 3.05) is 6.61 Å². The van der Waals surface area contributed by atoms with Crippen LogP contribution in [0.1, 0.15) is 33.6 Å². The van der Waals surface area contributed by atoms with Crippen LogP contribution in [0, 0.1) is 11.8 Å². The first kappa shape index (κ1) is 18.1. The first-order chi connectivity index (χ1) is 9.30. The van der Waals surface area contributed by atoms with E-state index in [2.05, 4.69) is 34.5 Å². The van der Waals surface area contributed by atoms with Crippen LogP contribution >= 0.6 is 27.3 Å². The summed E-state index contributed by atoms with van der Waals surface area (Å²) in [5.74, 6) is 0.604. The summed E-state index contributed by atoms with van der Waals surface area (Å²) in [7, 11) is -3.56. The van der Waals surface area contributed by atoms with E-state index in [9.17, 15) is 13.5 Å². The van der Waals surface area contributed by atoms with Crippen LogP contribution < -0.4 is 4.72 Å². The molecule has 2 N–H and O–H groups in total. The largest absolute Gasteiger partial charge is 0.395 e. The fourth-order valence-corrected chi connectivity index (χ4v) is 5.53. The van der Waals surface area contributed by atoms with E-state index in [-0.39, 0.29) is 16.7 Å². The van der Waals surface area contributed by atoms with Gasteiger partial charge in [0.1, 0.15) is 4.21 Å². The Kier molecular flexibility index (Phi) is 7.14. The van der Waals surface area contributed by atoms with Crippen LogP contribution in [0.15, 0.2) is 20.1 Å². The number of hydrogen-bond donors (Lipinski definition) is 2. The van der Waals surface area contributed by atoms with E-state index in [4.69, 9.17) is 0 Å². The van der Waals surface area contributed by atoms with Crippen LogP contribution in [-0.4, -0.2) is 26.2 Å². The Hall–Kier alpha value is 0.0500. The zero-order valence-corrected chi connectivity index (χ0v) is 15.2. The summed E-state index contributed by atoms with van der Waals surface area (Å²) >= 11 is 4.43. The third-order valence-electron chi connectivity index (χ3n) is 3.18. The maximum atomic E-state index is 12.3. The van der Waals surface area contributed by atoms with Crippen molar-refractivity contribution >= 4 is 37.3 Å². The van der Waals surface area contributed by atoms with Gasteiger partial charge in [0.15, 0.2) is 0 Å². The third kappa shape index (κ3) is 5.11. The molecule has 7 heteroatoms. The Morgan fingerprint density at radius 1 is 1.40 bits per heavy atom. The predicted octanol–water partition coefficient (Wildman–Crippen LogP) is 3.22. The molecule has 0 spiro atoms. The second-order valence-electron chi connectivity index (χ2n) is 5.27. The minimum Gasteiger partial charge on any atom is -0.395 e. The monoisotopic (exact) mass is 383 g/mol. The van der Waals surface area contributed by atoms with Crippen LogP contribution in [0.4, 0.5) is 0 Å². The molecular weight excluding hydrogens is 362 g/mol. The summed E-state index contributed by atoms with van der Waals surface area (Å²) in [6, 6.07) is 2.83. The number of thiophene rings is 1. The van der Waals surface area contributed by atoms with Crippen molar-refractivity contribution in [3.05, 3.63) is 15.9 Å². The predicted molar refractivity (Wildman–Crippen MR) is 86.5 cm³/mol. The van der Waals surface area contributed by atoms with Crippen LogP contribution in [-0.2, 0) is 10.0 Å². The molecule has 20 heavy (non-hydrogen) atoms. The van der Waals surface area contributed by atoms with E-state index in [0.717, 1.165) is 28.0 Å². The molecule has 0 radical (unpaired) electrons. The lowest BCUT2D eigenvalue weighted by atomic mass is 9.89. The zero-order chi connectivity index (χ0) is 15.3. The average molecular weight is 384 g/mol. The summed E-state index contributed by atoms with van der Waals surface area (Å²) in [6.07, 6.45) is 1.72. The summed E-state index contributed by atoms with van der Waals surface area (Å²) < 4.78 is 28.3. The molecule has 0 bridgehead atoms. The van der Waals surface area contributed by atoms with Gasteiger partial charge in [-0.25, -0.2) is 13.1 Å². The van der Waals surface area contributed by atoms with Gasteiger partial charge >= 0.3 is 0 Å². The summed E-state index contributed by atoms with van der Waals surface area (Å²) in [5, 5.41) is 9.52. The van der Waals surface area contributed by atoms with Gasteiger partial charge < -0.3 is 5.11 Å². The lowest BCUT2D eigenvalue weighted by molar-refractivity contribution is 0.197. The van der Waals surface area contributed by atoms with E-state index < -0.39 is 16.1 Å². The molecule has 0 amide bonds. The van der Waals surface area contributed by atoms with Gasteiger partial charge in [0.2, 0.25) is 10.0 Å². The number of aliphatic hydroxyl groups excluding tert-OH is 1. The van der Waals surface area contributed by atoms with Crippen molar-refractivity contribution in [3.63, 3.8) is 0 Å². The summed E-state index contributed by atoms with van der Waals surface area (Å²) in [5.41, 5.74) is 0. The van der Waals surface area contributed by atoms with E-state index in [0.29, 0.717) is 5.92 Å². The standard InChI is InChI=1S/C13H22BrNO3S2/c1-4-10(7-9(2)3)11(8-16)15-20(17,18)13-6-5-12(14)19-13/h5-6,9-11,15-16H,4,7-8H2,1-3H3/t10-,11-/m1/s1. The summed E-state index contributed by atoms with van der Waals surface area (Å²) in [6.45, 7) is 6.03. The molecule has 0 aromatic carbocycles. The van der Waals surface area contributed by atoms with Crippen molar-refractivity contribution in [3.8, 4) is 0 Å². The van der Waals surface area contributed by atoms with E-state index in [1.807, 2.05) is 6.92 Å². The molecule has 2 atom stereocenters. The smallest absolute Gasteiger partial charge is 0.250 e. The molecule has 0 fully saturated rings. The molecule has 0 aliphatic heterocycles. The molecular formula is C13H22BrNO3S2. The van der Waals surface area contributed by atoms with Gasteiger partial charge in [-0.1, -0.05) is 27.2 Å². The first-order valence-corrected chi connectivity index (χ1v) is 9.78. The Labute approximate surface area is 133 Å². The minimum atomic E-state index is -3.56. The van der Waals surface area contributed by atoms with Crippen LogP contribution in [0.2, 0.25) is 0 Å². The minimum absolute atomic E-state index is 0.137. The van der Waals surface area contributed by atoms with Gasteiger partial charge in [-0.15, -0.1) is 11.3 Å². The Morgan fingerprint density at radius 2 is 2.05 bits per heavy atom. The molecule has 0 saturated heterocycles. The van der Waals surface area contributed by atoms with Crippen molar-refractivity contribution in [1.29, 1.82) is 0 Å². The molecule has 1 aromatic heterocycles. The molecule has 0 aliphatic rings. The quantitative estimate of drug-likeness (QED) is 0.723. The molecule has 1 rings (SSSR count). The number of nitrogens with one attached hydrogen (secondary N) is 1. The average Bonchev–Trinajstić information content (AvgIpc) is 2.80. The number of sulfonamides is 1. The Balaban J connectivity index is 2.86. The number of hydrogen-bond acceptors (Lipinski definition) is 4. The fourth-order valence-electron chi connectivity index (χ4n) is 2.20. The summed E-state index contributed by atoms with van der Waals surface area (Å²) in [4.78, 5) is 0. The molecule has 4 nitrogen and oxygen atoms in total. The van der Waals surface area contributed by atoms with Crippen molar-refractivity contribution in [1.82, 2.24) is 4.72 Å². The maximum Gasteiger partial charge on any atom is 0.250 e. The van der Waals surface area contributed by atoms with Gasteiger partial charge in [0, 0.05) is 6.04 Å². The topological polar surface area (TPSA) is 66.4 Å². The van der Waals surface area contributed by atoms with Crippen molar-refractivity contribution in [2.45, 2.75) is 43.9 Å². The van der Waals surface area contributed by atoms with Crippen LogP contribution in [0.5, 0.6) is 0 Å². The lowest BCUT2D eigenvalue weighted by Crippen LogP contribution is -2.42. The van der Waals surface area contributed by atoms with Gasteiger partial charge in [0.25, 0.3) is 0 Å². The lowest BCUT2D eigenvalue weighted by Gasteiger charge is -2.26. The Bertz CT molecular complexity index is 513. The number of rotatable bonds is 8. The fraction of sp³-hybridized carbons (Fsp3) is 0.692. The van der Waals surface area contributed by atoms with Gasteiger partial charge in [0.05, 0.1) is 10.4 Å². The van der Waals surface area contributed by atoms with E-state index in [1.165, 1.54) is 0 Å². The van der Waals surface area contributed by atoms with Gasteiger partial charge in [-0.2, -0.15) is 0 Å². The van der Waals surface area contributed by atoms with Crippen molar-refractivity contribution in [2.24, 2.45) is 11.8 Å². The van der Waals surface area contributed by atoms with Gasteiger partial charge in [-0.3, -0.25) is 0 Å². The zero-order valence-electron chi connectivity index (χ0n) is 12.0. The van der Waals surface area contributed by atoms with Crippen molar-refractivity contribution < 1.29 is 13.5 Å². The number of halogens is 1. The maximum absolute atomic E-state index is 12.3.